The van der Waals surface area contributed by atoms with Gasteiger partial charge in [0, 0.05) is 17.0 Å². The molecule has 0 saturated carbocycles. The van der Waals surface area contributed by atoms with Crippen molar-refractivity contribution in [1.82, 2.24) is 4.57 Å². The number of alkyl halides is 3. The second kappa shape index (κ2) is 8.68. The number of nitrogens with one attached hydrogen (secondary N) is 1. The van der Waals surface area contributed by atoms with Crippen molar-refractivity contribution in [2.75, 3.05) is 11.9 Å². The van der Waals surface area contributed by atoms with Gasteiger partial charge in [-0.15, -0.1) is 0 Å². The van der Waals surface area contributed by atoms with Gasteiger partial charge in [-0.1, -0.05) is 17.7 Å². The summed E-state index contributed by atoms with van der Waals surface area (Å²) in [6, 6.07) is 6.29. The molecule has 2 N–H and O–H groups in total. The third kappa shape index (κ3) is 4.72. The molecule has 1 atom stereocenters. The van der Waals surface area contributed by atoms with E-state index >= 15 is 0 Å². The van der Waals surface area contributed by atoms with Gasteiger partial charge in [-0.05, 0) is 42.8 Å². The Kier molecular flexibility index (Phi) is 6.38. The normalized spacial score (nSPS) is 12.7. The molecule has 2 aromatic carbocycles. The highest BCUT2D eigenvalue weighted by molar-refractivity contribution is 6.35. The first-order valence-electron chi connectivity index (χ1n) is 9.12. The van der Waals surface area contributed by atoms with Crippen LogP contribution in [-0.2, 0) is 17.4 Å². The maximum Gasteiger partial charge on any atom is 0.419 e. The molecule has 0 fully saturated rings. The Morgan fingerprint density at radius 3 is 2.55 bits per heavy atom. The number of fused-ring (bicyclic) bond motifs is 1. The zero-order valence-electron chi connectivity index (χ0n) is 16.1. The molecule has 5 nitrogen and oxygen atoms in total. The van der Waals surface area contributed by atoms with Gasteiger partial charge in [-0.3, -0.25) is 9.59 Å². The van der Waals surface area contributed by atoms with E-state index in [1.54, 1.807) is 13.0 Å². The molecular formula is C21H17ClF4N2O3. The number of nitrogens with zero attached hydrogens (tertiary/aromatic N) is 1. The Balaban J connectivity index is 1.93. The molecule has 0 bridgehead atoms. The zero-order valence-corrected chi connectivity index (χ0v) is 16.9. The highest BCUT2D eigenvalue weighted by atomic mass is 35.5. The Labute approximate surface area is 178 Å². The lowest BCUT2D eigenvalue weighted by molar-refractivity contribution is -0.140. The summed E-state index contributed by atoms with van der Waals surface area (Å²) in [6.07, 6.45) is -3.90. The number of halogens is 5. The van der Waals surface area contributed by atoms with Gasteiger partial charge in [0.15, 0.2) is 0 Å². The minimum Gasteiger partial charge on any atom is -0.394 e. The van der Waals surface area contributed by atoms with Crippen LogP contribution in [0.5, 0.6) is 0 Å². The number of hydrogen-bond donors (Lipinski definition) is 2. The van der Waals surface area contributed by atoms with Crippen molar-refractivity contribution in [2.45, 2.75) is 25.6 Å². The van der Waals surface area contributed by atoms with Crippen molar-refractivity contribution >= 4 is 34.0 Å². The van der Waals surface area contributed by atoms with Crippen LogP contribution < -0.4 is 10.9 Å². The number of aliphatic hydroxyl groups excluding tert-OH is 1. The average molecular weight is 457 g/mol. The lowest BCUT2D eigenvalue weighted by Crippen LogP contribution is -2.25. The molecule has 0 aliphatic rings. The summed E-state index contributed by atoms with van der Waals surface area (Å²) in [6.45, 7) is 1.41. The van der Waals surface area contributed by atoms with Gasteiger partial charge in [0.05, 0.1) is 35.3 Å². The number of carbonyl (C=O) groups excluding carboxylic acids is 1. The molecule has 0 aliphatic heterocycles. The van der Waals surface area contributed by atoms with E-state index in [1.807, 2.05) is 0 Å². The van der Waals surface area contributed by atoms with E-state index in [0.717, 1.165) is 6.07 Å². The summed E-state index contributed by atoms with van der Waals surface area (Å²) in [5.74, 6) is -2.12. The molecular weight excluding hydrogens is 440 g/mol. The SMILES string of the molecule is CC(CO)n1ccc2c(NC(=O)Cc3ccc(F)c(C(F)(F)F)c3)c(Cl)ccc2c1=O. The quantitative estimate of drug-likeness (QED) is 0.553. The van der Waals surface area contributed by atoms with E-state index in [-0.39, 0.29) is 28.3 Å². The first-order chi connectivity index (χ1) is 14.5. The molecule has 0 spiro atoms. The van der Waals surface area contributed by atoms with Crippen molar-refractivity contribution in [1.29, 1.82) is 0 Å². The van der Waals surface area contributed by atoms with Crippen LogP contribution in [0, 0.1) is 5.82 Å². The Hall–Kier alpha value is -2.91. The number of aromatic nitrogens is 1. The number of hydrogen-bond acceptors (Lipinski definition) is 3. The fourth-order valence-corrected chi connectivity index (χ4v) is 3.36. The standard InChI is InChI=1S/C21H17ClF4N2O3/c1-11(10-29)28-7-6-13-14(20(28)31)3-4-16(22)19(13)27-18(30)9-12-2-5-17(23)15(8-12)21(24,25)26/h2-8,11,29H,9-10H2,1H3,(H,27,30). The zero-order chi connectivity index (χ0) is 22.9. The summed E-state index contributed by atoms with van der Waals surface area (Å²) in [7, 11) is 0. The van der Waals surface area contributed by atoms with Crippen LogP contribution in [0.15, 0.2) is 47.4 Å². The average Bonchev–Trinajstić information content (AvgIpc) is 2.70. The predicted molar refractivity (Wildman–Crippen MR) is 109 cm³/mol. The number of anilines is 1. The largest absolute Gasteiger partial charge is 0.419 e. The fourth-order valence-electron chi connectivity index (χ4n) is 3.14. The number of carbonyl (C=O) groups is 1. The van der Waals surface area contributed by atoms with Crippen molar-refractivity contribution in [3.8, 4) is 0 Å². The number of amides is 1. The van der Waals surface area contributed by atoms with E-state index < -0.39 is 41.5 Å². The van der Waals surface area contributed by atoms with E-state index in [1.165, 1.54) is 22.9 Å². The van der Waals surface area contributed by atoms with Crippen LogP contribution in [0.4, 0.5) is 23.2 Å². The molecule has 164 valence electrons. The van der Waals surface area contributed by atoms with Crippen molar-refractivity contribution in [2.24, 2.45) is 0 Å². The third-order valence-corrected chi connectivity index (χ3v) is 5.08. The summed E-state index contributed by atoms with van der Waals surface area (Å²) < 4.78 is 53.4. The minimum absolute atomic E-state index is 0.0401. The van der Waals surface area contributed by atoms with Crippen molar-refractivity contribution in [3.05, 3.63) is 74.9 Å². The van der Waals surface area contributed by atoms with Crippen LogP contribution in [0.1, 0.15) is 24.1 Å². The van der Waals surface area contributed by atoms with E-state index in [2.05, 4.69) is 5.32 Å². The first kappa shape index (κ1) is 22.8. The molecule has 3 rings (SSSR count). The summed E-state index contributed by atoms with van der Waals surface area (Å²) in [5.41, 5.74) is -1.77. The molecule has 0 saturated heterocycles. The van der Waals surface area contributed by atoms with Crippen molar-refractivity contribution in [3.63, 3.8) is 0 Å². The van der Waals surface area contributed by atoms with Gasteiger partial charge in [0.2, 0.25) is 5.91 Å². The molecule has 10 heteroatoms. The number of benzene rings is 2. The maximum atomic E-state index is 13.4. The second-order valence-corrected chi connectivity index (χ2v) is 7.39. The molecule has 1 amide bonds. The van der Waals surface area contributed by atoms with Crippen LogP contribution in [0.25, 0.3) is 10.8 Å². The molecule has 31 heavy (non-hydrogen) atoms. The summed E-state index contributed by atoms with van der Waals surface area (Å²) in [5, 5.41) is 12.5. The second-order valence-electron chi connectivity index (χ2n) is 6.98. The lowest BCUT2D eigenvalue weighted by atomic mass is 10.1. The number of pyridine rings is 1. The van der Waals surface area contributed by atoms with Crippen LogP contribution >= 0.6 is 11.6 Å². The molecule has 3 aromatic rings. The Bertz CT molecular complexity index is 1210. The van der Waals surface area contributed by atoms with E-state index in [0.29, 0.717) is 17.5 Å². The monoisotopic (exact) mass is 456 g/mol. The van der Waals surface area contributed by atoms with Gasteiger partial charge in [0.1, 0.15) is 5.82 Å². The van der Waals surface area contributed by atoms with Gasteiger partial charge in [-0.2, -0.15) is 13.2 Å². The van der Waals surface area contributed by atoms with Crippen molar-refractivity contribution < 1.29 is 27.5 Å². The molecule has 0 aliphatic carbocycles. The van der Waals surface area contributed by atoms with Crippen LogP contribution in [0.3, 0.4) is 0 Å². The topological polar surface area (TPSA) is 71.3 Å². The van der Waals surface area contributed by atoms with E-state index in [4.69, 9.17) is 11.6 Å². The Morgan fingerprint density at radius 1 is 1.19 bits per heavy atom. The molecule has 1 heterocycles. The third-order valence-electron chi connectivity index (χ3n) is 4.77. The molecule has 1 aromatic heterocycles. The fraction of sp³-hybridized carbons (Fsp3) is 0.238. The summed E-state index contributed by atoms with van der Waals surface area (Å²) >= 11 is 6.18. The van der Waals surface area contributed by atoms with Gasteiger partial charge < -0.3 is 15.0 Å². The first-order valence-corrected chi connectivity index (χ1v) is 9.50. The summed E-state index contributed by atoms with van der Waals surface area (Å²) in [4.78, 5) is 25.2. The molecule has 0 radical (unpaired) electrons. The minimum atomic E-state index is -4.89. The smallest absolute Gasteiger partial charge is 0.394 e. The van der Waals surface area contributed by atoms with Gasteiger partial charge >= 0.3 is 6.18 Å². The molecule has 1 unspecified atom stereocenters. The van der Waals surface area contributed by atoms with Gasteiger partial charge in [0.25, 0.3) is 5.56 Å². The Morgan fingerprint density at radius 2 is 1.90 bits per heavy atom. The van der Waals surface area contributed by atoms with Gasteiger partial charge in [-0.25, -0.2) is 4.39 Å². The maximum absolute atomic E-state index is 13.4. The number of rotatable bonds is 5. The lowest BCUT2D eigenvalue weighted by Gasteiger charge is -2.16. The van der Waals surface area contributed by atoms with Crippen LogP contribution in [0.2, 0.25) is 5.02 Å². The van der Waals surface area contributed by atoms with E-state index in [9.17, 15) is 32.3 Å². The highest BCUT2D eigenvalue weighted by Crippen LogP contribution is 2.33. The van der Waals surface area contributed by atoms with Crippen LogP contribution in [-0.4, -0.2) is 22.2 Å². The number of aliphatic hydroxyl groups is 1. The highest BCUT2D eigenvalue weighted by Gasteiger charge is 2.34. The predicted octanol–water partition coefficient (Wildman–Crippen LogP) is 4.55.